The molecule has 1 saturated carbocycles. The molecule has 27 heavy (non-hydrogen) atoms. The van der Waals surface area contributed by atoms with Crippen LogP contribution in [0.25, 0.3) is 0 Å². The van der Waals surface area contributed by atoms with Crippen molar-refractivity contribution in [2.45, 2.75) is 57.0 Å². The van der Waals surface area contributed by atoms with Crippen LogP contribution in [0.3, 0.4) is 0 Å². The van der Waals surface area contributed by atoms with E-state index >= 15 is 0 Å². The largest absolute Gasteiger partial charge is 0.465 e. The zero-order valence-electron chi connectivity index (χ0n) is 16.4. The summed E-state index contributed by atoms with van der Waals surface area (Å²) in [5.74, 6) is 1.18. The van der Waals surface area contributed by atoms with Crippen LogP contribution in [-0.2, 0) is 9.53 Å². The van der Waals surface area contributed by atoms with Gasteiger partial charge >= 0.3 is 6.09 Å². The van der Waals surface area contributed by atoms with Crippen LogP contribution >= 0.6 is 0 Å². The van der Waals surface area contributed by atoms with Crippen molar-refractivity contribution in [3.63, 3.8) is 0 Å². The Balaban J connectivity index is 1.30. The molecule has 0 aromatic rings. The zero-order chi connectivity index (χ0) is 19.0. The number of rotatable bonds is 4. The number of hydrogen-bond donors (Lipinski definition) is 1. The minimum absolute atomic E-state index is 0.168. The summed E-state index contributed by atoms with van der Waals surface area (Å²) in [6.45, 7) is 7.76. The van der Waals surface area contributed by atoms with Crippen molar-refractivity contribution < 1.29 is 19.4 Å². The monoisotopic (exact) mass is 379 g/mol. The van der Waals surface area contributed by atoms with Gasteiger partial charge in [0.05, 0.1) is 6.61 Å². The third-order valence-electron chi connectivity index (χ3n) is 7.49. The lowest BCUT2D eigenvalue weighted by Gasteiger charge is -2.60. The maximum absolute atomic E-state index is 12.6. The first-order valence-corrected chi connectivity index (χ1v) is 10.6. The van der Waals surface area contributed by atoms with E-state index in [9.17, 15) is 14.7 Å². The zero-order valence-corrected chi connectivity index (χ0v) is 16.4. The molecule has 152 valence electrons. The molecule has 5 aliphatic rings. The number of nitrogens with zero attached hydrogens (tertiary/aromatic N) is 3. The lowest BCUT2D eigenvalue weighted by atomic mass is 9.65. The summed E-state index contributed by atoms with van der Waals surface area (Å²) in [5.41, 5.74) is -0.168. The highest BCUT2D eigenvalue weighted by Gasteiger charge is 2.54. The first kappa shape index (κ1) is 19.0. The number of ether oxygens (including phenoxy) is 1. The first-order valence-electron chi connectivity index (χ1n) is 10.6. The summed E-state index contributed by atoms with van der Waals surface area (Å²) in [7, 11) is 0. The third-order valence-corrected chi connectivity index (χ3v) is 7.49. The van der Waals surface area contributed by atoms with Gasteiger partial charge in [-0.15, -0.1) is 0 Å². The number of hydrogen-bond acceptors (Lipinski definition) is 4. The Kier molecular flexibility index (Phi) is 5.34. The summed E-state index contributed by atoms with van der Waals surface area (Å²) < 4.78 is 5.44. The molecule has 4 saturated heterocycles. The van der Waals surface area contributed by atoms with Crippen LogP contribution in [0.1, 0.15) is 45.4 Å². The molecule has 0 spiro atoms. The van der Waals surface area contributed by atoms with E-state index in [1.54, 1.807) is 4.90 Å². The summed E-state index contributed by atoms with van der Waals surface area (Å²) in [4.78, 5) is 30.5. The Bertz CT molecular complexity index is 572. The first-order chi connectivity index (χ1) is 13.0. The fourth-order valence-electron chi connectivity index (χ4n) is 5.79. The molecule has 1 aliphatic carbocycles. The fourth-order valence-corrected chi connectivity index (χ4v) is 5.79. The van der Waals surface area contributed by atoms with Gasteiger partial charge in [0.15, 0.2) is 0 Å². The molecule has 2 bridgehead atoms. The van der Waals surface area contributed by atoms with Crippen LogP contribution < -0.4 is 0 Å². The SMILES string of the molecule is CCC12CCC(CN1C(=O)O)C(N1CC(CC(=O)N3CCCOCC3)C1)C2. The second kappa shape index (κ2) is 7.59. The number of fused-ring (bicyclic) bond motifs is 3. The van der Waals surface area contributed by atoms with Gasteiger partial charge in [-0.25, -0.2) is 4.79 Å². The molecular formula is C20H33N3O4. The Hall–Kier alpha value is -1.34. The Morgan fingerprint density at radius 3 is 2.74 bits per heavy atom. The van der Waals surface area contributed by atoms with Gasteiger partial charge < -0.3 is 19.6 Å². The number of carbonyl (C=O) groups excluding carboxylic acids is 1. The highest BCUT2D eigenvalue weighted by molar-refractivity contribution is 5.76. The van der Waals surface area contributed by atoms with E-state index in [-0.39, 0.29) is 11.4 Å². The molecule has 0 aromatic heterocycles. The molecule has 7 nitrogen and oxygen atoms in total. The van der Waals surface area contributed by atoms with Crippen LogP contribution in [0.4, 0.5) is 4.79 Å². The second-order valence-electron chi connectivity index (χ2n) is 8.91. The average Bonchev–Trinajstić information content (AvgIpc) is 2.93. The molecule has 0 aromatic carbocycles. The molecule has 3 unspecified atom stereocenters. The standard InChI is InChI=1S/C20H33N3O4/c1-2-20-5-4-16(14-23(20)19(25)26)17(11-20)22-12-15(13-22)10-18(24)21-6-3-8-27-9-7-21/h15-17H,2-14H2,1H3,(H,25,26). The van der Waals surface area contributed by atoms with E-state index < -0.39 is 6.09 Å². The van der Waals surface area contributed by atoms with Crippen LogP contribution in [0.15, 0.2) is 0 Å². The predicted molar refractivity (Wildman–Crippen MR) is 101 cm³/mol. The normalized spacial score (nSPS) is 35.0. The Labute approximate surface area is 161 Å². The third kappa shape index (κ3) is 3.56. The smallest absolute Gasteiger partial charge is 0.407 e. The number of piperidine rings is 2. The van der Waals surface area contributed by atoms with Gasteiger partial charge in [-0.05, 0) is 43.9 Å². The molecule has 1 N–H and O–H groups in total. The molecule has 3 atom stereocenters. The number of likely N-dealkylation sites (tertiary alicyclic amines) is 1. The number of amides is 2. The Morgan fingerprint density at radius 1 is 1.19 bits per heavy atom. The van der Waals surface area contributed by atoms with Crippen molar-refractivity contribution in [1.82, 2.24) is 14.7 Å². The van der Waals surface area contributed by atoms with Gasteiger partial charge in [-0.3, -0.25) is 9.69 Å². The number of carbonyl (C=O) groups is 2. The van der Waals surface area contributed by atoms with E-state index in [1.807, 2.05) is 4.90 Å². The lowest BCUT2D eigenvalue weighted by Crippen LogP contribution is -2.69. The molecule has 0 radical (unpaired) electrons. The molecule has 4 aliphatic heterocycles. The minimum atomic E-state index is -0.756. The van der Waals surface area contributed by atoms with Gasteiger partial charge in [-0.2, -0.15) is 0 Å². The van der Waals surface area contributed by atoms with Gasteiger partial charge in [0.2, 0.25) is 5.91 Å². The van der Waals surface area contributed by atoms with Crippen molar-refractivity contribution in [2.75, 3.05) is 45.9 Å². The molecule has 2 amide bonds. The van der Waals surface area contributed by atoms with Crippen molar-refractivity contribution in [3.8, 4) is 0 Å². The van der Waals surface area contributed by atoms with Gasteiger partial charge in [-0.1, -0.05) is 6.92 Å². The average molecular weight is 380 g/mol. The van der Waals surface area contributed by atoms with E-state index in [2.05, 4.69) is 11.8 Å². The summed E-state index contributed by atoms with van der Waals surface area (Å²) in [6, 6.07) is 0.493. The lowest BCUT2D eigenvalue weighted by molar-refractivity contribution is -0.136. The summed E-state index contributed by atoms with van der Waals surface area (Å²) in [5, 5.41) is 9.60. The highest BCUT2D eigenvalue weighted by Crippen LogP contribution is 2.48. The highest BCUT2D eigenvalue weighted by atomic mass is 16.5. The summed E-state index contributed by atoms with van der Waals surface area (Å²) in [6.07, 6.45) is 4.83. The van der Waals surface area contributed by atoms with Crippen LogP contribution in [-0.4, -0.2) is 89.3 Å². The van der Waals surface area contributed by atoms with Crippen LogP contribution in [0.2, 0.25) is 0 Å². The van der Waals surface area contributed by atoms with Gasteiger partial charge in [0, 0.05) is 57.3 Å². The maximum Gasteiger partial charge on any atom is 0.407 e. The predicted octanol–water partition coefficient (Wildman–Crippen LogP) is 1.87. The van der Waals surface area contributed by atoms with E-state index in [0.29, 0.717) is 37.5 Å². The molecule has 5 fully saturated rings. The molecule has 4 heterocycles. The minimum Gasteiger partial charge on any atom is -0.465 e. The fraction of sp³-hybridized carbons (Fsp3) is 0.900. The van der Waals surface area contributed by atoms with E-state index in [4.69, 9.17) is 4.74 Å². The van der Waals surface area contributed by atoms with Gasteiger partial charge in [0.25, 0.3) is 0 Å². The summed E-state index contributed by atoms with van der Waals surface area (Å²) >= 11 is 0. The molecular weight excluding hydrogens is 346 g/mol. The van der Waals surface area contributed by atoms with Crippen LogP contribution in [0.5, 0.6) is 0 Å². The Morgan fingerprint density at radius 2 is 2.00 bits per heavy atom. The van der Waals surface area contributed by atoms with Crippen molar-refractivity contribution >= 4 is 12.0 Å². The van der Waals surface area contributed by atoms with E-state index in [1.165, 1.54) is 0 Å². The van der Waals surface area contributed by atoms with Gasteiger partial charge in [0.1, 0.15) is 0 Å². The number of carboxylic acid groups (broad SMARTS) is 1. The second-order valence-corrected chi connectivity index (χ2v) is 8.91. The van der Waals surface area contributed by atoms with Crippen molar-refractivity contribution in [3.05, 3.63) is 0 Å². The van der Waals surface area contributed by atoms with Crippen molar-refractivity contribution in [2.24, 2.45) is 11.8 Å². The molecule has 7 heteroatoms. The van der Waals surface area contributed by atoms with Crippen LogP contribution in [0, 0.1) is 11.8 Å². The maximum atomic E-state index is 12.6. The quantitative estimate of drug-likeness (QED) is 0.807. The van der Waals surface area contributed by atoms with Crippen molar-refractivity contribution in [1.29, 1.82) is 0 Å². The topological polar surface area (TPSA) is 73.3 Å². The molecule has 5 rings (SSSR count). The van der Waals surface area contributed by atoms with E-state index in [0.717, 1.165) is 64.9 Å².